The molecule has 31 heavy (non-hydrogen) atoms. The van der Waals surface area contributed by atoms with E-state index in [0.717, 1.165) is 15.5 Å². The number of amides is 2. The predicted molar refractivity (Wildman–Crippen MR) is 123 cm³/mol. The Bertz CT molecular complexity index is 1310. The molecular formula is C23H21N3O4S. The first kappa shape index (κ1) is 20.6. The van der Waals surface area contributed by atoms with Crippen molar-refractivity contribution in [2.45, 2.75) is 26.4 Å². The maximum absolute atomic E-state index is 12.8. The summed E-state index contributed by atoms with van der Waals surface area (Å²) in [7, 11) is 0. The predicted octanol–water partition coefficient (Wildman–Crippen LogP) is 5.75. The summed E-state index contributed by atoms with van der Waals surface area (Å²) in [6.45, 7) is 5.34. The Morgan fingerprint density at radius 3 is 2.42 bits per heavy atom. The van der Waals surface area contributed by atoms with Crippen molar-refractivity contribution < 1.29 is 19.4 Å². The quantitative estimate of drug-likeness (QED) is 0.356. The lowest BCUT2D eigenvalue weighted by molar-refractivity contribution is 0.0635. The SMILES string of the molecule is CC(C)(C)OC(=O)Nc1nc2ccc(C(=O)Nc3cc4ccccc4cc3O)cc2s1. The average molecular weight is 436 g/mol. The monoisotopic (exact) mass is 435 g/mol. The molecule has 0 aliphatic carbocycles. The first-order valence-electron chi connectivity index (χ1n) is 9.62. The second-order valence-corrected chi connectivity index (χ2v) is 9.03. The number of phenolic OH excluding ortho intramolecular Hbond substituents is 1. The smallest absolute Gasteiger partial charge is 0.413 e. The van der Waals surface area contributed by atoms with Crippen LogP contribution in [0, 0.1) is 0 Å². The largest absolute Gasteiger partial charge is 0.506 e. The van der Waals surface area contributed by atoms with Gasteiger partial charge in [-0.15, -0.1) is 0 Å². The van der Waals surface area contributed by atoms with Gasteiger partial charge in [0.05, 0.1) is 15.9 Å². The van der Waals surface area contributed by atoms with Crippen LogP contribution in [0.4, 0.5) is 15.6 Å². The van der Waals surface area contributed by atoms with Crippen molar-refractivity contribution in [2.75, 3.05) is 10.6 Å². The number of carbonyl (C=O) groups excluding carboxylic acids is 2. The summed E-state index contributed by atoms with van der Waals surface area (Å²) in [5, 5.41) is 17.8. The molecule has 4 rings (SSSR count). The van der Waals surface area contributed by atoms with Gasteiger partial charge in [0.25, 0.3) is 5.91 Å². The van der Waals surface area contributed by atoms with Gasteiger partial charge in [0.1, 0.15) is 11.4 Å². The Morgan fingerprint density at radius 1 is 1.00 bits per heavy atom. The second-order valence-electron chi connectivity index (χ2n) is 8.00. The molecule has 0 saturated carbocycles. The van der Waals surface area contributed by atoms with Gasteiger partial charge in [0.2, 0.25) is 0 Å². The minimum atomic E-state index is -0.611. The molecule has 0 bridgehead atoms. The molecule has 3 N–H and O–H groups in total. The minimum absolute atomic E-state index is 0.00485. The minimum Gasteiger partial charge on any atom is -0.506 e. The van der Waals surface area contributed by atoms with Gasteiger partial charge < -0.3 is 15.2 Å². The highest BCUT2D eigenvalue weighted by molar-refractivity contribution is 7.22. The van der Waals surface area contributed by atoms with E-state index in [1.165, 1.54) is 11.3 Å². The van der Waals surface area contributed by atoms with E-state index in [-0.39, 0.29) is 11.7 Å². The van der Waals surface area contributed by atoms with E-state index in [1.54, 1.807) is 51.1 Å². The van der Waals surface area contributed by atoms with Crippen LogP contribution in [0.1, 0.15) is 31.1 Å². The number of thiazole rings is 1. The number of fused-ring (bicyclic) bond motifs is 2. The van der Waals surface area contributed by atoms with E-state index < -0.39 is 11.7 Å². The topological polar surface area (TPSA) is 101 Å². The summed E-state index contributed by atoms with van der Waals surface area (Å²) in [6.07, 6.45) is -0.587. The van der Waals surface area contributed by atoms with Crippen molar-refractivity contribution in [3.8, 4) is 5.75 Å². The molecular weight excluding hydrogens is 414 g/mol. The number of hydrogen-bond donors (Lipinski definition) is 3. The number of benzene rings is 3. The molecule has 3 aromatic carbocycles. The number of anilines is 2. The van der Waals surface area contributed by atoms with E-state index >= 15 is 0 Å². The highest BCUT2D eigenvalue weighted by Crippen LogP contribution is 2.31. The molecule has 2 amide bonds. The Hall–Kier alpha value is -3.65. The number of rotatable bonds is 3. The lowest BCUT2D eigenvalue weighted by Gasteiger charge is -2.18. The molecule has 8 heteroatoms. The number of aromatic nitrogens is 1. The van der Waals surface area contributed by atoms with Gasteiger partial charge in [0, 0.05) is 5.56 Å². The van der Waals surface area contributed by atoms with E-state index in [2.05, 4.69) is 15.6 Å². The van der Waals surface area contributed by atoms with Crippen LogP contribution in [0.5, 0.6) is 5.75 Å². The van der Waals surface area contributed by atoms with Gasteiger partial charge in [-0.25, -0.2) is 9.78 Å². The van der Waals surface area contributed by atoms with Crippen molar-refractivity contribution in [1.29, 1.82) is 0 Å². The molecule has 0 spiro atoms. The zero-order valence-corrected chi connectivity index (χ0v) is 18.0. The van der Waals surface area contributed by atoms with Crippen molar-refractivity contribution in [2.24, 2.45) is 0 Å². The first-order valence-corrected chi connectivity index (χ1v) is 10.4. The van der Waals surface area contributed by atoms with Gasteiger partial charge in [-0.2, -0.15) is 0 Å². The molecule has 1 aromatic heterocycles. The molecule has 0 aliphatic rings. The number of carbonyl (C=O) groups is 2. The van der Waals surface area contributed by atoms with Crippen molar-refractivity contribution in [3.05, 3.63) is 60.2 Å². The molecule has 7 nitrogen and oxygen atoms in total. The lowest BCUT2D eigenvalue weighted by Crippen LogP contribution is -2.27. The summed E-state index contributed by atoms with van der Waals surface area (Å²) < 4.78 is 5.97. The third-order valence-electron chi connectivity index (χ3n) is 4.37. The van der Waals surface area contributed by atoms with Crippen LogP contribution < -0.4 is 10.6 Å². The Kier molecular flexibility index (Phi) is 5.24. The fourth-order valence-electron chi connectivity index (χ4n) is 3.03. The van der Waals surface area contributed by atoms with E-state index in [0.29, 0.717) is 21.9 Å². The molecule has 1 heterocycles. The average Bonchev–Trinajstić information content (AvgIpc) is 3.08. The van der Waals surface area contributed by atoms with Gasteiger partial charge in [-0.3, -0.25) is 10.1 Å². The fraction of sp³-hybridized carbons (Fsp3) is 0.174. The molecule has 0 atom stereocenters. The molecule has 0 aliphatic heterocycles. The molecule has 158 valence electrons. The molecule has 4 aromatic rings. The third kappa shape index (κ3) is 4.75. The second kappa shape index (κ2) is 7.88. The Morgan fingerprint density at radius 2 is 1.71 bits per heavy atom. The highest BCUT2D eigenvalue weighted by atomic mass is 32.1. The van der Waals surface area contributed by atoms with Gasteiger partial charge in [-0.1, -0.05) is 35.6 Å². The zero-order chi connectivity index (χ0) is 22.2. The number of phenols is 1. The number of nitrogens with zero attached hydrogens (tertiary/aromatic N) is 1. The number of aromatic hydroxyl groups is 1. The maximum atomic E-state index is 12.8. The van der Waals surface area contributed by atoms with Gasteiger partial charge in [0.15, 0.2) is 5.13 Å². The van der Waals surface area contributed by atoms with Crippen molar-refractivity contribution in [3.63, 3.8) is 0 Å². The molecule has 0 fully saturated rings. The van der Waals surface area contributed by atoms with Crippen LogP contribution in [0.15, 0.2) is 54.6 Å². The lowest BCUT2D eigenvalue weighted by atomic mass is 10.1. The normalized spacial score (nSPS) is 11.5. The van der Waals surface area contributed by atoms with Crippen LogP contribution in [0.25, 0.3) is 21.0 Å². The van der Waals surface area contributed by atoms with Gasteiger partial charge in [-0.05, 0) is 61.9 Å². The summed E-state index contributed by atoms with van der Waals surface area (Å²) in [5.41, 5.74) is 0.787. The third-order valence-corrected chi connectivity index (χ3v) is 5.30. The summed E-state index contributed by atoms with van der Waals surface area (Å²) in [4.78, 5) is 29.1. The van der Waals surface area contributed by atoms with Crippen molar-refractivity contribution >= 4 is 55.1 Å². The van der Waals surface area contributed by atoms with E-state index in [1.807, 2.05) is 24.3 Å². The van der Waals surface area contributed by atoms with Crippen LogP contribution in [-0.4, -0.2) is 27.7 Å². The van der Waals surface area contributed by atoms with Crippen LogP contribution >= 0.6 is 11.3 Å². The summed E-state index contributed by atoms with van der Waals surface area (Å²) >= 11 is 1.24. The Balaban J connectivity index is 1.54. The van der Waals surface area contributed by atoms with Crippen LogP contribution in [0.2, 0.25) is 0 Å². The maximum Gasteiger partial charge on any atom is 0.413 e. The number of nitrogens with one attached hydrogen (secondary N) is 2. The number of ether oxygens (including phenoxy) is 1. The fourth-order valence-corrected chi connectivity index (χ4v) is 3.92. The Labute approximate surface area is 182 Å². The summed E-state index contributed by atoms with van der Waals surface area (Å²) in [5.74, 6) is -0.364. The van der Waals surface area contributed by atoms with Gasteiger partial charge >= 0.3 is 6.09 Å². The summed E-state index contributed by atoms with van der Waals surface area (Å²) in [6, 6.07) is 16.0. The van der Waals surface area contributed by atoms with E-state index in [9.17, 15) is 14.7 Å². The first-order chi connectivity index (χ1) is 14.7. The standard InChI is InChI=1S/C23H21N3O4S/c1-23(2,3)30-22(29)26-21-25-16-9-8-15(12-19(16)31-21)20(28)24-17-10-13-6-4-5-7-14(13)11-18(17)27/h4-12,27H,1-3H3,(H,24,28)(H,25,26,29). The highest BCUT2D eigenvalue weighted by Gasteiger charge is 2.18. The van der Waals surface area contributed by atoms with Crippen molar-refractivity contribution in [1.82, 2.24) is 4.98 Å². The van der Waals surface area contributed by atoms with Crippen LogP contribution in [0.3, 0.4) is 0 Å². The van der Waals surface area contributed by atoms with E-state index in [4.69, 9.17) is 4.74 Å². The zero-order valence-electron chi connectivity index (χ0n) is 17.2. The molecule has 0 saturated heterocycles. The molecule has 0 radical (unpaired) electrons. The molecule has 0 unspecified atom stereocenters. The van der Waals surface area contributed by atoms with Crippen LogP contribution in [-0.2, 0) is 4.74 Å². The number of hydrogen-bond acceptors (Lipinski definition) is 6.